The van der Waals surface area contributed by atoms with Crippen LogP contribution in [0.5, 0.6) is 0 Å². The Kier molecular flexibility index (Phi) is 9.06. The van der Waals surface area contributed by atoms with E-state index in [1.807, 2.05) is 0 Å². The average molecular weight is 513 g/mol. The first-order valence-corrected chi connectivity index (χ1v) is 11.2. The zero-order valence-corrected chi connectivity index (χ0v) is 19.9. The van der Waals surface area contributed by atoms with Gasteiger partial charge in [0.2, 0.25) is 0 Å². The van der Waals surface area contributed by atoms with Crippen molar-refractivity contribution in [2.75, 3.05) is 32.8 Å². The fourth-order valence-electron chi connectivity index (χ4n) is 4.39. The maximum Gasteiger partial charge on any atom is 0.194 e. The third kappa shape index (κ3) is 6.56. The molecule has 2 aliphatic heterocycles. The molecule has 2 heterocycles. The molecule has 3 fully saturated rings. The summed E-state index contributed by atoms with van der Waals surface area (Å²) in [5.41, 5.74) is 1.44. The van der Waals surface area contributed by atoms with E-state index in [4.69, 9.17) is 14.5 Å². The van der Waals surface area contributed by atoms with Crippen LogP contribution in [0, 0.1) is 0 Å². The predicted octanol–water partition coefficient (Wildman–Crippen LogP) is 4.18. The second-order valence-corrected chi connectivity index (χ2v) is 8.31. The van der Waals surface area contributed by atoms with Crippen molar-refractivity contribution in [1.29, 1.82) is 0 Å². The van der Waals surface area contributed by atoms with Crippen molar-refractivity contribution in [1.82, 2.24) is 10.2 Å². The van der Waals surface area contributed by atoms with Gasteiger partial charge < -0.3 is 19.7 Å². The topological polar surface area (TPSA) is 46.1 Å². The Morgan fingerprint density at radius 1 is 1.17 bits per heavy atom. The van der Waals surface area contributed by atoms with Crippen molar-refractivity contribution in [2.24, 2.45) is 4.99 Å². The van der Waals surface area contributed by atoms with Crippen molar-refractivity contribution < 1.29 is 9.47 Å². The van der Waals surface area contributed by atoms with Crippen molar-refractivity contribution in [3.63, 3.8) is 0 Å². The van der Waals surface area contributed by atoms with Crippen LogP contribution in [0.1, 0.15) is 56.9 Å². The summed E-state index contributed by atoms with van der Waals surface area (Å²) in [7, 11) is 0. The molecule has 1 aromatic rings. The molecule has 3 atom stereocenters. The third-order valence-corrected chi connectivity index (χ3v) is 6.17. The lowest BCUT2D eigenvalue weighted by Crippen LogP contribution is -2.48. The van der Waals surface area contributed by atoms with E-state index in [1.54, 1.807) is 0 Å². The normalized spacial score (nSPS) is 28.0. The molecule has 1 aliphatic carbocycles. The smallest absolute Gasteiger partial charge is 0.194 e. The van der Waals surface area contributed by atoms with Crippen molar-refractivity contribution in [3.8, 4) is 0 Å². The first-order chi connectivity index (χ1) is 13.8. The second-order valence-electron chi connectivity index (χ2n) is 8.31. The predicted molar refractivity (Wildman–Crippen MR) is 128 cm³/mol. The number of likely N-dealkylation sites (tertiary alicyclic amines) is 1. The number of piperidine rings is 1. The standard InChI is InChI=1S/C23H35N3O2.HI/c1-2-24-23(25-22-16-21(22)18-8-4-3-5-9-18)26-13-11-19(12-14-26)28-17-20-10-6-7-15-27-20;/h3-5,8-9,19-22H,2,6-7,10-17H2,1H3,(H,24,25);1H. The lowest BCUT2D eigenvalue weighted by Gasteiger charge is -2.35. The lowest BCUT2D eigenvalue weighted by atomic mass is 10.1. The van der Waals surface area contributed by atoms with Gasteiger partial charge in [0.15, 0.2) is 5.96 Å². The number of guanidine groups is 1. The van der Waals surface area contributed by atoms with Crippen LogP contribution in [0.2, 0.25) is 0 Å². The molecule has 1 N–H and O–H groups in total. The molecular weight excluding hydrogens is 477 g/mol. The Hall–Kier alpha value is -0.860. The summed E-state index contributed by atoms with van der Waals surface area (Å²) in [4.78, 5) is 7.19. The van der Waals surface area contributed by atoms with Crippen LogP contribution in [0.15, 0.2) is 35.3 Å². The number of hydrogen-bond donors (Lipinski definition) is 1. The quantitative estimate of drug-likeness (QED) is 0.353. The molecule has 0 radical (unpaired) electrons. The number of benzene rings is 1. The molecule has 29 heavy (non-hydrogen) atoms. The molecule has 2 saturated heterocycles. The van der Waals surface area contributed by atoms with Crippen LogP contribution in [0.3, 0.4) is 0 Å². The van der Waals surface area contributed by atoms with Gasteiger partial charge in [0.1, 0.15) is 0 Å². The van der Waals surface area contributed by atoms with E-state index in [-0.39, 0.29) is 24.0 Å². The summed E-state index contributed by atoms with van der Waals surface area (Å²) in [5, 5.41) is 3.72. The van der Waals surface area contributed by atoms with Gasteiger partial charge in [-0.15, -0.1) is 24.0 Å². The highest BCUT2D eigenvalue weighted by Crippen LogP contribution is 2.40. The minimum atomic E-state index is 0. The molecule has 0 spiro atoms. The number of aliphatic imine (C=N–C) groups is 1. The Labute approximate surface area is 192 Å². The zero-order valence-electron chi connectivity index (χ0n) is 17.6. The highest BCUT2D eigenvalue weighted by atomic mass is 127. The molecule has 6 heteroatoms. The van der Waals surface area contributed by atoms with E-state index in [9.17, 15) is 0 Å². The molecule has 0 amide bonds. The maximum absolute atomic E-state index is 6.17. The van der Waals surface area contributed by atoms with Gasteiger partial charge in [0.05, 0.1) is 18.8 Å². The van der Waals surface area contributed by atoms with Crippen molar-refractivity contribution in [3.05, 3.63) is 35.9 Å². The molecule has 4 rings (SSSR count). The summed E-state index contributed by atoms with van der Waals surface area (Å²) < 4.78 is 12.0. The molecule has 1 aromatic carbocycles. The monoisotopic (exact) mass is 513 g/mol. The SMILES string of the molecule is CCN=C(NC1CC1c1ccccc1)N1CCC(OCC2CCCCO2)CC1.I. The largest absolute Gasteiger partial charge is 0.376 e. The number of halogens is 1. The van der Waals surface area contributed by atoms with Gasteiger partial charge in [-0.1, -0.05) is 30.3 Å². The third-order valence-electron chi connectivity index (χ3n) is 6.17. The molecule has 0 aromatic heterocycles. The second kappa shape index (κ2) is 11.5. The van der Waals surface area contributed by atoms with Gasteiger partial charge in [-0.05, 0) is 51.0 Å². The van der Waals surface area contributed by atoms with Gasteiger partial charge in [-0.3, -0.25) is 4.99 Å². The fraction of sp³-hybridized carbons (Fsp3) is 0.696. The zero-order chi connectivity index (χ0) is 19.2. The molecule has 0 bridgehead atoms. The van der Waals surface area contributed by atoms with E-state index < -0.39 is 0 Å². The van der Waals surface area contributed by atoms with Crippen LogP contribution in [-0.2, 0) is 9.47 Å². The number of hydrogen-bond acceptors (Lipinski definition) is 3. The van der Waals surface area contributed by atoms with Gasteiger partial charge in [0.25, 0.3) is 0 Å². The van der Waals surface area contributed by atoms with E-state index in [2.05, 4.69) is 47.5 Å². The summed E-state index contributed by atoms with van der Waals surface area (Å²) in [6, 6.07) is 11.4. The minimum Gasteiger partial charge on any atom is -0.376 e. The van der Waals surface area contributed by atoms with E-state index in [0.29, 0.717) is 24.2 Å². The Morgan fingerprint density at radius 3 is 2.66 bits per heavy atom. The van der Waals surface area contributed by atoms with Gasteiger partial charge >= 0.3 is 0 Å². The molecule has 5 nitrogen and oxygen atoms in total. The minimum absolute atomic E-state index is 0. The Morgan fingerprint density at radius 2 is 1.97 bits per heavy atom. The molecule has 3 unspecified atom stereocenters. The van der Waals surface area contributed by atoms with Gasteiger partial charge in [-0.2, -0.15) is 0 Å². The number of ether oxygens (including phenoxy) is 2. The van der Waals surface area contributed by atoms with Crippen LogP contribution in [0.25, 0.3) is 0 Å². The van der Waals surface area contributed by atoms with Crippen LogP contribution < -0.4 is 5.32 Å². The number of rotatable bonds is 6. The lowest BCUT2D eigenvalue weighted by molar-refractivity contribution is -0.0721. The van der Waals surface area contributed by atoms with E-state index in [1.165, 1.54) is 24.8 Å². The summed E-state index contributed by atoms with van der Waals surface area (Å²) in [6.45, 7) is 6.64. The highest BCUT2D eigenvalue weighted by molar-refractivity contribution is 14.0. The summed E-state index contributed by atoms with van der Waals surface area (Å²) in [5.74, 6) is 1.71. The van der Waals surface area contributed by atoms with E-state index in [0.717, 1.165) is 58.1 Å². The van der Waals surface area contributed by atoms with Crippen molar-refractivity contribution >= 4 is 29.9 Å². The number of nitrogens with zero attached hydrogens (tertiary/aromatic N) is 2. The Bertz CT molecular complexity index is 628. The van der Waals surface area contributed by atoms with Crippen LogP contribution in [0.4, 0.5) is 0 Å². The van der Waals surface area contributed by atoms with Crippen LogP contribution in [-0.4, -0.2) is 62.0 Å². The maximum atomic E-state index is 6.17. The number of nitrogens with one attached hydrogen (secondary N) is 1. The molecule has 1 saturated carbocycles. The Balaban J connectivity index is 0.00000240. The molecular formula is C23H36IN3O2. The van der Waals surface area contributed by atoms with Gasteiger partial charge in [-0.25, -0.2) is 0 Å². The average Bonchev–Trinajstić information content (AvgIpc) is 3.53. The highest BCUT2D eigenvalue weighted by Gasteiger charge is 2.39. The van der Waals surface area contributed by atoms with Crippen LogP contribution >= 0.6 is 24.0 Å². The van der Waals surface area contributed by atoms with Gasteiger partial charge in [0, 0.05) is 38.2 Å². The first-order valence-electron chi connectivity index (χ1n) is 11.2. The summed E-state index contributed by atoms with van der Waals surface area (Å²) in [6.07, 6.45) is 7.66. The first kappa shape index (κ1) is 22.8. The molecule has 162 valence electrons. The van der Waals surface area contributed by atoms with Crippen molar-refractivity contribution in [2.45, 2.75) is 69.6 Å². The fourth-order valence-corrected chi connectivity index (χ4v) is 4.39. The summed E-state index contributed by atoms with van der Waals surface area (Å²) >= 11 is 0. The van der Waals surface area contributed by atoms with E-state index >= 15 is 0 Å². The molecule has 3 aliphatic rings.